The maximum Gasteiger partial charge on any atom is 0.143 e. The zero-order chi connectivity index (χ0) is 30.5. The third-order valence-corrected chi connectivity index (χ3v) is 8.94. The summed E-state index contributed by atoms with van der Waals surface area (Å²) in [6.07, 6.45) is 0. The van der Waals surface area contributed by atoms with Crippen molar-refractivity contribution in [1.82, 2.24) is 0 Å². The van der Waals surface area contributed by atoms with Crippen LogP contribution < -0.4 is 5.32 Å². The first-order valence-electron chi connectivity index (χ1n) is 15.6. The Bertz CT molecular complexity index is 2520. The van der Waals surface area contributed by atoms with Gasteiger partial charge in [-0.2, -0.15) is 0 Å². The van der Waals surface area contributed by atoms with Crippen molar-refractivity contribution in [2.75, 3.05) is 5.32 Å². The molecule has 0 aliphatic heterocycles. The molecule has 46 heavy (non-hydrogen) atoms. The van der Waals surface area contributed by atoms with Crippen LogP contribution in [0.25, 0.3) is 77.3 Å². The number of benzene rings is 7. The number of hydrogen-bond donors (Lipinski definition) is 1. The van der Waals surface area contributed by atoms with Crippen molar-refractivity contribution < 1.29 is 8.83 Å². The Labute approximate surface area is 266 Å². The van der Waals surface area contributed by atoms with E-state index in [2.05, 4.69) is 145 Å². The van der Waals surface area contributed by atoms with E-state index >= 15 is 0 Å². The number of rotatable bonds is 6. The average molecular weight is 592 g/mol. The minimum absolute atomic E-state index is 0.783. The molecule has 2 heterocycles. The molecule has 9 aromatic rings. The predicted molar refractivity (Wildman–Crippen MR) is 191 cm³/mol. The fourth-order valence-electron chi connectivity index (χ4n) is 6.66. The van der Waals surface area contributed by atoms with Gasteiger partial charge in [-0.15, -0.1) is 0 Å². The minimum Gasteiger partial charge on any atom is -0.456 e. The van der Waals surface area contributed by atoms with Crippen LogP contribution in [0.5, 0.6) is 0 Å². The predicted octanol–water partition coefficient (Wildman–Crippen LogP) is 12.1. The molecule has 218 valence electrons. The van der Waals surface area contributed by atoms with Crippen molar-refractivity contribution >= 4 is 49.6 Å². The van der Waals surface area contributed by atoms with Gasteiger partial charge >= 0.3 is 0 Å². The summed E-state index contributed by atoms with van der Waals surface area (Å²) in [7, 11) is 0. The molecule has 0 saturated heterocycles. The zero-order valence-corrected chi connectivity index (χ0v) is 25.0. The van der Waals surface area contributed by atoms with Gasteiger partial charge in [0.25, 0.3) is 0 Å². The van der Waals surface area contributed by atoms with E-state index in [0.29, 0.717) is 0 Å². The normalized spacial score (nSPS) is 11.6. The molecular weight excluding hydrogens is 562 g/mol. The number of nitrogens with one attached hydrogen (secondary N) is 1. The second-order valence-corrected chi connectivity index (χ2v) is 11.8. The van der Waals surface area contributed by atoms with E-state index in [-0.39, 0.29) is 0 Å². The Morgan fingerprint density at radius 1 is 0.413 bits per heavy atom. The van der Waals surface area contributed by atoms with Crippen LogP contribution in [0.4, 0.5) is 5.69 Å². The molecule has 0 unspecified atom stereocenters. The molecular formula is C43H29NO2. The summed E-state index contributed by atoms with van der Waals surface area (Å²) in [6, 6.07) is 55.3. The van der Waals surface area contributed by atoms with Crippen LogP contribution in [-0.2, 0) is 6.54 Å². The summed E-state index contributed by atoms with van der Waals surface area (Å²) >= 11 is 0. The molecule has 0 radical (unpaired) electrons. The number of para-hydroxylation sites is 2. The topological polar surface area (TPSA) is 38.3 Å². The second-order valence-electron chi connectivity index (χ2n) is 11.8. The number of furan rings is 2. The lowest BCUT2D eigenvalue weighted by Crippen LogP contribution is -1.98. The van der Waals surface area contributed by atoms with Gasteiger partial charge in [-0.1, -0.05) is 121 Å². The smallest absolute Gasteiger partial charge is 0.143 e. The van der Waals surface area contributed by atoms with Gasteiger partial charge in [0.05, 0.1) is 0 Å². The van der Waals surface area contributed by atoms with Gasteiger partial charge < -0.3 is 14.2 Å². The molecule has 0 aliphatic carbocycles. The maximum atomic E-state index is 6.36. The number of hydrogen-bond acceptors (Lipinski definition) is 3. The summed E-state index contributed by atoms with van der Waals surface area (Å²) < 4.78 is 12.7. The van der Waals surface area contributed by atoms with E-state index in [9.17, 15) is 0 Å². The zero-order valence-electron chi connectivity index (χ0n) is 25.0. The summed E-state index contributed by atoms with van der Waals surface area (Å²) in [6.45, 7) is 0.783. The standard InChI is InChI=1S/C43H29NO2/c1-2-9-28(10-3-1)27-44-33-12-6-11-31(25-33)32-23-24-40-38(26-32)42-34(14-8-18-41(42)45-40)29-19-21-30(22-20-29)35-15-7-16-37-36-13-4-5-17-39(36)46-43(35)37/h1-26,44H,27H2. The van der Waals surface area contributed by atoms with Crippen molar-refractivity contribution in [2.45, 2.75) is 6.54 Å². The monoisotopic (exact) mass is 591 g/mol. The van der Waals surface area contributed by atoms with Crippen LogP contribution in [0.15, 0.2) is 167 Å². The van der Waals surface area contributed by atoms with Gasteiger partial charge in [0.15, 0.2) is 0 Å². The molecule has 0 bridgehead atoms. The summed E-state index contributed by atoms with van der Waals surface area (Å²) in [4.78, 5) is 0. The van der Waals surface area contributed by atoms with E-state index in [1.165, 1.54) is 5.56 Å². The van der Waals surface area contributed by atoms with E-state index in [1.807, 2.05) is 18.2 Å². The lowest BCUT2D eigenvalue weighted by Gasteiger charge is -2.09. The Morgan fingerprint density at radius 3 is 1.96 bits per heavy atom. The minimum atomic E-state index is 0.783. The Morgan fingerprint density at radius 2 is 1.07 bits per heavy atom. The highest BCUT2D eigenvalue weighted by molar-refractivity contribution is 6.13. The lowest BCUT2D eigenvalue weighted by molar-refractivity contribution is 0.669. The number of fused-ring (bicyclic) bond motifs is 6. The maximum absolute atomic E-state index is 6.36. The first-order valence-corrected chi connectivity index (χ1v) is 15.6. The molecule has 9 rings (SSSR count). The first kappa shape index (κ1) is 26.4. The van der Waals surface area contributed by atoms with Crippen LogP contribution in [0, 0.1) is 0 Å². The van der Waals surface area contributed by atoms with Gasteiger partial charge in [-0.05, 0) is 69.8 Å². The van der Waals surface area contributed by atoms with Gasteiger partial charge in [0.2, 0.25) is 0 Å². The van der Waals surface area contributed by atoms with Crippen LogP contribution in [0.1, 0.15) is 5.56 Å². The fraction of sp³-hybridized carbons (Fsp3) is 0.0233. The van der Waals surface area contributed by atoms with Crippen molar-refractivity contribution in [3.63, 3.8) is 0 Å². The molecule has 0 saturated carbocycles. The van der Waals surface area contributed by atoms with E-state index < -0.39 is 0 Å². The Balaban J connectivity index is 1.08. The van der Waals surface area contributed by atoms with Crippen molar-refractivity contribution in [3.8, 4) is 33.4 Å². The fourth-order valence-corrected chi connectivity index (χ4v) is 6.66. The Kier molecular flexibility index (Phi) is 6.20. The summed E-state index contributed by atoms with van der Waals surface area (Å²) in [5.41, 5.74) is 12.8. The van der Waals surface area contributed by atoms with Gasteiger partial charge in [0, 0.05) is 39.3 Å². The van der Waals surface area contributed by atoms with Crippen molar-refractivity contribution in [3.05, 3.63) is 163 Å². The van der Waals surface area contributed by atoms with Gasteiger partial charge in [0.1, 0.15) is 22.3 Å². The van der Waals surface area contributed by atoms with Gasteiger partial charge in [-0.25, -0.2) is 0 Å². The molecule has 3 nitrogen and oxygen atoms in total. The summed E-state index contributed by atoms with van der Waals surface area (Å²) in [5.74, 6) is 0. The average Bonchev–Trinajstić information content (AvgIpc) is 3.70. The molecule has 0 spiro atoms. The molecule has 0 amide bonds. The highest BCUT2D eigenvalue weighted by atomic mass is 16.3. The van der Waals surface area contributed by atoms with E-state index in [1.54, 1.807) is 0 Å². The van der Waals surface area contributed by atoms with Gasteiger partial charge in [-0.3, -0.25) is 0 Å². The third kappa shape index (κ3) is 4.53. The van der Waals surface area contributed by atoms with Crippen LogP contribution in [0.3, 0.4) is 0 Å². The molecule has 0 aliphatic rings. The third-order valence-electron chi connectivity index (χ3n) is 8.94. The highest BCUT2D eigenvalue weighted by Crippen LogP contribution is 2.40. The van der Waals surface area contributed by atoms with Crippen LogP contribution in [-0.4, -0.2) is 0 Å². The number of anilines is 1. The molecule has 0 atom stereocenters. The second kappa shape index (κ2) is 10.8. The van der Waals surface area contributed by atoms with Crippen LogP contribution >= 0.6 is 0 Å². The quantitative estimate of drug-likeness (QED) is 0.209. The molecule has 7 aromatic carbocycles. The van der Waals surface area contributed by atoms with Crippen molar-refractivity contribution in [2.24, 2.45) is 0 Å². The largest absolute Gasteiger partial charge is 0.456 e. The lowest BCUT2D eigenvalue weighted by atomic mass is 9.95. The molecule has 1 N–H and O–H groups in total. The Hall–Kier alpha value is -6.06. The molecule has 2 aromatic heterocycles. The van der Waals surface area contributed by atoms with Crippen LogP contribution in [0.2, 0.25) is 0 Å². The van der Waals surface area contributed by atoms with E-state index in [0.717, 1.165) is 89.5 Å². The van der Waals surface area contributed by atoms with E-state index in [4.69, 9.17) is 8.83 Å². The highest BCUT2D eigenvalue weighted by Gasteiger charge is 2.15. The van der Waals surface area contributed by atoms with Crippen molar-refractivity contribution in [1.29, 1.82) is 0 Å². The summed E-state index contributed by atoms with van der Waals surface area (Å²) in [5, 5.41) is 8.10. The SMILES string of the molecule is c1ccc(CNc2cccc(-c3ccc4oc5cccc(-c6ccc(-c7cccc8c7oc7ccccc78)cc6)c5c4c3)c2)cc1. The molecule has 0 fully saturated rings. The first-order chi connectivity index (χ1) is 22.8. The molecule has 3 heteroatoms.